The Kier molecular flexibility index (Phi) is 7.81. The van der Waals surface area contributed by atoms with Crippen molar-refractivity contribution in [3.05, 3.63) is 72.1 Å². The fraction of sp³-hybridized carbons (Fsp3) is 0.308. The average molecular weight is 480 g/mol. The smallest absolute Gasteiger partial charge is 0.290 e. The zero-order valence-electron chi connectivity index (χ0n) is 19.5. The number of benzene rings is 2. The van der Waals surface area contributed by atoms with Gasteiger partial charge in [-0.1, -0.05) is 30.3 Å². The van der Waals surface area contributed by atoms with Crippen LogP contribution in [0.4, 0.5) is 11.4 Å². The van der Waals surface area contributed by atoms with E-state index in [0.29, 0.717) is 17.8 Å². The van der Waals surface area contributed by atoms with E-state index in [-0.39, 0.29) is 44.0 Å². The molecule has 0 fully saturated rings. The lowest BCUT2D eigenvalue weighted by atomic mass is 9.92. The maximum atomic E-state index is 13.1. The number of anilines is 2. The van der Waals surface area contributed by atoms with Gasteiger partial charge in [0.15, 0.2) is 5.76 Å². The van der Waals surface area contributed by atoms with Crippen molar-refractivity contribution in [3.8, 4) is 0 Å². The third-order valence-corrected chi connectivity index (χ3v) is 5.74. The Balaban J connectivity index is 1.63. The van der Waals surface area contributed by atoms with Crippen LogP contribution in [0, 0.1) is 0 Å². The van der Waals surface area contributed by atoms with Gasteiger partial charge < -0.3 is 30.4 Å². The normalized spacial score (nSPS) is 17.6. The Hall–Kier alpha value is -3.66. The molecule has 2 unspecified atom stereocenters. The van der Waals surface area contributed by atoms with Crippen LogP contribution in [0.15, 0.2) is 66.6 Å². The maximum absolute atomic E-state index is 13.1. The summed E-state index contributed by atoms with van der Waals surface area (Å²) in [4.78, 5) is 25.4. The van der Waals surface area contributed by atoms with E-state index in [2.05, 4.69) is 5.32 Å². The second-order valence-electron chi connectivity index (χ2n) is 8.16. The number of aliphatic hydroxyl groups is 1. The van der Waals surface area contributed by atoms with Gasteiger partial charge in [0.1, 0.15) is 0 Å². The molecule has 9 nitrogen and oxygen atoms in total. The van der Waals surface area contributed by atoms with Crippen molar-refractivity contribution in [1.29, 1.82) is 0 Å². The number of amides is 1. The van der Waals surface area contributed by atoms with E-state index in [1.54, 1.807) is 34.9 Å². The van der Waals surface area contributed by atoms with Crippen LogP contribution in [0.1, 0.15) is 29.6 Å². The van der Waals surface area contributed by atoms with Gasteiger partial charge in [-0.25, -0.2) is 0 Å². The molecule has 2 atom stereocenters. The van der Waals surface area contributed by atoms with Crippen LogP contribution < -0.4 is 11.1 Å². The first-order chi connectivity index (χ1) is 17.0. The third-order valence-electron chi connectivity index (χ3n) is 5.74. The monoisotopic (exact) mass is 479 g/mol. The van der Waals surface area contributed by atoms with E-state index in [1.807, 2.05) is 30.5 Å². The maximum Gasteiger partial charge on any atom is 0.290 e. The minimum absolute atomic E-state index is 0.0715. The molecule has 0 saturated heterocycles. The van der Waals surface area contributed by atoms with Gasteiger partial charge in [0.25, 0.3) is 5.91 Å². The van der Waals surface area contributed by atoms with Crippen molar-refractivity contribution in [2.24, 2.45) is 0 Å². The molecule has 0 radical (unpaired) electrons. The summed E-state index contributed by atoms with van der Waals surface area (Å²) in [6, 6.07) is 14.6. The summed E-state index contributed by atoms with van der Waals surface area (Å²) in [5.74, 6) is -0.695. The number of para-hydroxylation sites is 3. The fourth-order valence-corrected chi connectivity index (χ4v) is 4.10. The van der Waals surface area contributed by atoms with Crippen LogP contribution in [0.3, 0.4) is 0 Å². The van der Waals surface area contributed by atoms with Crippen molar-refractivity contribution in [2.75, 3.05) is 37.5 Å². The van der Waals surface area contributed by atoms with Gasteiger partial charge in [-0.2, -0.15) is 0 Å². The second kappa shape index (κ2) is 11.2. The number of nitrogens with two attached hydrogens (primary N) is 1. The molecule has 0 spiro atoms. The van der Waals surface area contributed by atoms with Gasteiger partial charge in [-0.15, -0.1) is 0 Å². The minimum Gasteiger partial charge on any atom is -0.459 e. The molecular formula is C26H29N3O6. The number of carbonyl (C=O) groups excluding carboxylic acids is 2. The summed E-state index contributed by atoms with van der Waals surface area (Å²) in [7, 11) is 0. The molecule has 3 aromatic rings. The first kappa shape index (κ1) is 24.5. The highest BCUT2D eigenvalue weighted by molar-refractivity contribution is 6.04. The predicted octanol–water partition coefficient (Wildman–Crippen LogP) is 3.26. The Morgan fingerprint density at radius 1 is 1.14 bits per heavy atom. The number of nitrogen functional groups attached to an aromatic ring is 1. The average Bonchev–Trinajstić information content (AvgIpc) is 3.25. The highest BCUT2D eigenvalue weighted by Gasteiger charge is 2.31. The second-order valence-corrected chi connectivity index (χ2v) is 8.16. The Morgan fingerprint density at radius 3 is 2.69 bits per heavy atom. The molecule has 1 aliphatic rings. The highest BCUT2D eigenvalue weighted by atomic mass is 16.7. The molecule has 4 rings (SSSR count). The molecule has 0 saturated carbocycles. The SMILES string of the molecule is CC(=O)n1cc(C2C=C(C(=O)Nc3ccccc3N)OC(OCCOCCO)C2)c2ccccc21. The van der Waals surface area contributed by atoms with E-state index in [4.69, 9.17) is 25.1 Å². The summed E-state index contributed by atoms with van der Waals surface area (Å²) in [6.45, 7) is 2.16. The van der Waals surface area contributed by atoms with Crippen LogP contribution in [-0.2, 0) is 19.0 Å². The molecule has 0 aliphatic carbocycles. The van der Waals surface area contributed by atoms with Crippen LogP contribution in [0.2, 0.25) is 0 Å². The predicted molar refractivity (Wildman–Crippen MR) is 132 cm³/mol. The molecule has 4 N–H and O–H groups in total. The number of ether oxygens (including phenoxy) is 3. The molecule has 2 heterocycles. The van der Waals surface area contributed by atoms with Crippen molar-refractivity contribution >= 4 is 34.1 Å². The molecule has 1 aliphatic heterocycles. The van der Waals surface area contributed by atoms with Crippen LogP contribution >= 0.6 is 0 Å². The Morgan fingerprint density at radius 2 is 1.91 bits per heavy atom. The summed E-state index contributed by atoms with van der Waals surface area (Å²) in [5.41, 5.74) is 8.59. The molecular weight excluding hydrogens is 450 g/mol. The molecule has 35 heavy (non-hydrogen) atoms. The van der Waals surface area contributed by atoms with Crippen molar-refractivity contribution in [1.82, 2.24) is 4.57 Å². The van der Waals surface area contributed by atoms with E-state index >= 15 is 0 Å². The molecule has 1 amide bonds. The number of allylic oxidation sites excluding steroid dienone is 1. The number of rotatable bonds is 9. The lowest BCUT2D eigenvalue weighted by Crippen LogP contribution is -2.30. The number of fused-ring (bicyclic) bond motifs is 1. The van der Waals surface area contributed by atoms with Crippen LogP contribution in [0.25, 0.3) is 10.9 Å². The van der Waals surface area contributed by atoms with E-state index in [9.17, 15) is 9.59 Å². The van der Waals surface area contributed by atoms with Crippen molar-refractivity contribution < 1.29 is 28.9 Å². The topological polar surface area (TPSA) is 125 Å². The zero-order valence-corrected chi connectivity index (χ0v) is 19.5. The van der Waals surface area contributed by atoms with Crippen molar-refractivity contribution in [3.63, 3.8) is 0 Å². The van der Waals surface area contributed by atoms with Gasteiger partial charge in [-0.05, 0) is 29.8 Å². The first-order valence-electron chi connectivity index (χ1n) is 11.4. The first-order valence-corrected chi connectivity index (χ1v) is 11.4. The lowest BCUT2D eigenvalue weighted by molar-refractivity contribution is -0.148. The number of hydrogen-bond donors (Lipinski definition) is 3. The van der Waals surface area contributed by atoms with Gasteiger partial charge in [0.05, 0.1) is 43.3 Å². The van der Waals surface area contributed by atoms with E-state index < -0.39 is 12.2 Å². The van der Waals surface area contributed by atoms with E-state index in [0.717, 1.165) is 16.5 Å². The highest BCUT2D eigenvalue weighted by Crippen LogP contribution is 2.36. The number of aliphatic hydroxyl groups excluding tert-OH is 1. The molecule has 9 heteroatoms. The molecule has 0 bridgehead atoms. The van der Waals surface area contributed by atoms with Gasteiger partial charge in [0.2, 0.25) is 12.2 Å². The zero-order chi connectivity index (χ0) is 24.8. The number of aromatic nitrogens is 1. The quantitative estimate of drug-likeness (QED) is 0.318. The van der Waals surface area contributed by atoms with Crippen LogP contribution in [0.5, 0.6) is 0 Å². The van der Waals surface area contributed by atoms with Gasteiger partial charge in [0, 0.05) is 30.8 Å². The minimum atomic E-state index is -0.712. The lowest BCUT2D eigenvalue weighted by Gasteiger charge is -2.29. The molecule has 1 aromatic heterocycles. The molecule has 184 valence electrons. The van der Waals surface area contributed by atoms with E-state index in [1.165, 1.54) is 6.92 Å². The fourth-order valence-electron chi connectivity index (χ4n) is 4.10. The summed E-state index contributed by atoms with van der Waals surface area (Å²) < 4.78 is 18.6. The Bertz CT molecular complexity index is 1230. The number of carbonyl (C=O) groups is 2. The van der Waals surface area contributed by atoms with Gasteiger partial charge in [-0.3, -0.25) is 14.2 Å². The number of nitrogens with zero attached hydrogens (tertiary/aromatic N) is 1. The summed E-state index contributed by atoms with van der Waals surface area (Å²) in [5, 5.41) is 12.6. The van der Waals surface area contributed by atoms with Gasteiger partial charge >= 0.3 is 0 Å². The third kappa shape index (κ3) is 5.71. The Labute approximate surface area is 203 Å². The van der Waals surface area contributed by atoms with Crippen molar-refractivity contribution in [2.45, 2.75) is 25.6 Å². The number of nitrogens with one attached hydrogen (secondary N) is 1. The number of hydrogen-bond acceptors (Lipinski definition) is 7. The van der Waals surface area contributed by atoms with Crippen LogP contribution in [-0.4, -0.2) is 54.2 Å². The largest absolute Gasteiger partial charge is 0.459 e. The standard InChI is InChI=1S/C26H29N3O6/c1-17(31)29-16-20(19-6-2-5-9-23(19)29)18-14-24(26(32)28-22-8-4-3-7-21(22)27)35-25(15-18)34-13-12-33-11-10-30/h2-9,14,16,18,25,30H,10-13,15,27H2,1H3,(H,28,32). The molecule has 2 aromatic carbocycles. The summed E-state index contributed by atoms with van der Waals surface area (Å²) in [6.07, 6.45) is 3.29. The summed E-state index contributed by atoms with van der Waals surface area (Å²) >= 11 is 0.